The number of H-pyrrole nitrogens is 1. The van der Waals surface area contributed by atoms with E-state index in [1.54, 1.807) is 0 Å². The quantitative estimate of drug-likeness (QED) is 0.851. The Labute approximate surface area is 116 Å². The normalized spacial score (nSPS) is 21.5. The van der Waals surface area contributed by atoms with Gasteiger partial charge in [0, 0.05) is 24.8 Å². The highest BCUT2D eigenvalue weighted by Gasteiger charge is 2.18. The Balaban J connectivity index is 1.49. The van der Waals surface area contributed by atoms with Crippen molar-refractivity contribution in [2.45, 2.75) is 58.0 Å². The molecule has 4 heteroatoms. The minimum absolute atomic E-state index is 0.550. The standard InChI is InChI=1S/C15H26N4/c1-12(11-19-8-4-5-9-19)16-10-15-13-6-2-3-7-14(13)17-18-15/h12,16H,2-11H2,1H3,(H,17,18). The summed E-state index contributed by atoms with van der Waals surface area (Å²) in [5, 5.41) is 11.4. The fourth-order valence-corrected chi connectivity index (χ4v) is 3.38. The highest BCUT2D eigenvalue weighted by Crippen LogP contribution is 2.22. The second kappa shape index (κ2) is 6.06. The first-order valence-corrected chi connectivity index (χ1v) is 7.83. The molecule has 3 rings (SSSR count). The summed E-state index contributed by atoms with van der Waals surface area (Å²) >= 11 is 0. The van der Waals surface area contributed by atoms with Crippen LogP contribution < -0.4 is 5.32 Å². The van der Waals surface area contributed by atoms with E-state index in [1.807, 2.05) is 0 Å². The average molecular weight is 262 g/mol. The van der Waals surface area contributed by atoms with Crippen molar-refractivity contribution in [2.75, 3.05) is 19.6 Å². The van der Waals surface area contributed by atoms with Gasteiger partial charge in [-0.25, -0.2) is 0 Å². The Morgan fingerprint density at radius 2 is 2.00 bits per heavy atom. The van der Waals surface area contributed by atoms with Crippen LogP contribution in [0.3, 0.4) is 0 Å². The van der Waals surface area contributed by atoms with E-state index >= 15 is 0 Å². The first-order valence-electron chi connectivity index (χ1n) is 7.83. The van der Waals surface area contributed by atoms with Crippen LogP contribution in [0, 0.1) is 0 Å². The van der Waals surface area contributed by atoms with Gasteiger partial charge in [-0.15, -0.1) is 0 Å². The zero-order chi connectivity index (χ0) is 13.1. The lowest BCUT2D eigenvalue weighted by atomic mass is 9.96. The minimum atomic E-state index is 0.550. The fraction of sp³-hybridized carbons (Fsp3) is 0.800. The van der Waals surface area contributed by atoms with E-state index in [-0.39, 0.29) is 0 Å². The molecule has 1 aromatic heterocycles. The smallest absolute Gasteiger partial charge is 0.0794 e. The minimum Gasteiger partial charge on any atom is -0.307 e. The molecule has 0 spiro atoms. The summed E-state index contributed by atoms with van der Waals surface area (Å²) < 4.78 is 0. The van der Waals surface area contributed by atoms with E-state index in [1.165, 1.54) is 75.1 Å². The van der Waals surface area contributed by atoms with Gasteiger partial charge in [0.2, 0.25) is 0 Å². The van der Waals surface area contributed by atoms with Crippen LogP contribution in [0.1, 0.15) is 49.6 Å². The number of hydrogen-bond acceptors (Lipinski definition) is 3. The molecule has 0 bridgehead atoms. The van der Waals surface area contributed by atoms with Gasteiger partial charge >= 0.3 is 0 Å². The van der Waals surface area contributed by atoms with Crippen LogP contribution >= 0.6 is 0 Å². The lowest BCUT2D eigenvalue weighted by Crippen LogP contribution is -2.37. The monoisotopic (exact) mass is 262 g/mol. The SMILES string of the molecule is CC(CN1CCCC1)NCc1n[nH]c2c1CCCC2. The van der Waals surface area contributed by atoms with Crippen LogP contribution in [0.15, 0.2) is 0 Å². The van der Waals surface area contributed by atoms with Gasteiger partial charge in [-0.1, -0.05) is 0 Å². The summed E-state index contributed by atoms with van der Waals surface area (Å²) in [4.78, 5) is 2.57. The summed E-state index contributed by atoms with van der Waals surface area (Å²) in [5.74, 6) is 0. The zero-order valence-electron chi connectivity index (χ0n) is 12.0. The molecule has 0 radical (unpaired) electrons. The van der Waals surface area contributed by atoms with E-state index in [9.17, 15) is 0 Å². The van der Waals surface area contributed by atoms with Crippen LogP contribution in [0.2, 0.25) is 0 Å². The number of rotatable bonds is 5. The predicted octanol–water partition coefficient (Wildman–Crippen LogP) is 1.86. The number of aromatic amines is 1. The first kappa shape index (κ1) is 13.1. The molecule has 0 aromatic carbocycles. The van der Waals surface area contributed by atoms with Crippen molar-refractivity contribution < 1.29 is 0 Å². The Morgan fingerprint density at radius 3 is 2.84 bits per heavy atom. The van der Waals surface area contributed by atoms with Crippen LogP contribution in [0.5, 0.6) is 0 Å². The van der Waals surface area contributed by atoms with Gasteiger partial charge in [0.25, 0.3) is 0 Å². The van der Waals surface area contributed by atoms with E-state index in [0.29, 0.717) is 6.04 Å². The topological polar surface area (TPSA) is 44.0 Å². The van der Waals surface area contributed by atoms with Gasteiger partial charge in [-0.2, -0.15) is 5.10 Å². The van der Waals surface area contributed by atoms with Crippen LogP contribution in [0.4, 0.5) is 0 Å². The third kappa shape index (κ3) is 3.18. The number of aryl methyl sites for hydroxylation is 1. The molecule has 1 unspecified atom stereocenters. The summed E-state index contributed by atoms with van der Waals surface area (Å²) in [6, 6.07) is 0.550. The molecule has 1 fully saturated rings. The molecular formula is C15H26N4. The molecule has 106 valence electrons. The molecule has 1 aliphatic carbocycles. The van der Waals surface area contributed by atoms with Crippen molar-refractivity contribution >= 4 is 0 Å². The van der Waals surface area contributed by atoms with Gasteiger partial charge in [-0.3, -0.25) is 5.10 Å². The molecule has 2 aliphatic rings. The van der Waals surface area contributed by atoms with Crippen LogP contribution in [0.25, 0.3) is 0 Å². The molecule has 1 aliphatic heterocycles. The Kier molecular flexibility index (Phi) is 4.18. The molecule has 0 saturated carbocycles. The van der Waals surface area contributed by atoms with E-state index < -0.39 is 0 Å². The van der Waals surface area contributed by atoms with Gasteiger partial charge < -0.3 is 10.2 Å². The summed E-state index contributed by atoms with van der Waals surface area (Å²) in [6.45, 7) is 6.94. The van der Waals surface area contributed by atoms with Gasteiger partial charge in [-0.05, 0) is 64.1 Å². The summed E-state index contributed by atoms with van der Waals surface area (Å²) in [5.41, 5.74) is 4.13. The molecule has 1 aromatic rings. The van der Waals surface area contributed by atoms with Crippen LogP contribution in [-0.2, 0) is 19.4 Å². The van der Waals surface area contributed by atoms with E-state index in [2.05, 4.69) is 27.3 Å². The average Bonchev–Trinajstić information content (AvgIpc) is 3.05. The molecule has 19 heavy (non-hydrogen) atoms. The third-order valence-corrected chi connectivity index (χ3v) is 4.49. The van der Waals surface area contributed by atoms with Crippen molar-refractivity contribution in [1.29, 1.82) is 0 Å². The second-order valence-corrected chi connectivity index (χ2v) is 6.12. The molecule has 1 saturated heterocycles. The summed E-state index contributed by atoms with van der Waals surface area (Å²) in [6.07, 6.45) is 7.78. The number of nitrogens with one attached hydrogen (secondary N) is 2. The van der Waals surface area contributed by atoms with Crippen molar-refractivity contribution in [3.8, 4) is 0 Å². The lowest BCUT2D eigenvalue weighted by molar-refractivity contribution is 0.297. The molecule has 2 heterocycles. The maximum absolute atomic E-state index is 4.50. The van der Waals surface area contributed by atoms with Gasteiger partial charge in [0.15, 0.2) is 0 Å². The molecule has 2 N–H and O–H groups in total. The lowest BCUT2D eigenvalue weighted by Gasteiger charge is -2.21. The first-order chi connectivity index (χ1) is 9.33. The fourth-order valence-electron chi connectivity index (χ4n) is 3.38. The van der Waals surface area contributed by atoms with Gasteiger partial charge in [0.1, 0.15) is 0 Å². The predicted molar refractivity (Wildman–Crippen MR) is 77.2 cm³/mol. The van der Waals surface area contributed by atoms with Gasteiger partial charge in [0.05, 0.1) is 5.69 Å². The maximum Gasteiger partial charge on any atom is 0.0794 e. The number of nitrogens with zero attached hydrogens (tertiary/aromatic N) is 2. The highest BCUT2D eigenvalue weighted by atomic mass is 15.2. The van der Waals surface area contributed by atoms with Crippen molar-refractivity contribution in [2.24, 2.45) is 0 Å². The summed E-state index contributed by atoms with van der Waals surface area (Å²) in [7, 11) is 0. The number of aromatic nitrogens is 2. The molecular weight excluding hydrogens is 236 g/mol. The highest BCUT2D eigenvalue weighted by molar-refractivity contribution is 5.27. The second-order valence-electron chi connectivity index (χ2n) is 6.12. The Hall–Kier alpha value is -0.870. The van der Waals surface area contributed by atoms with E-state index in [4.69, 9.17) is 0 Å². The van der Waals surface area contributed by atoms with E-state index in [0.717, 1.165) is 6.54 Å². The maximum atomic E-state index is 4.50. The Morgan fingerprint density at radius 1 is 1.21 bits per heavy atom. The largest absolute Gasteiger partial charge is 0.307 e. The molecule has 1 atom stereocenters. The molecule has 0 amide bonds. The number of fused-ring (bicyclic) bond motifs is 1. The van der Waals surface area contributed by atoms with Crippen molar-refractivity contribution in [3.63, 3.8) is 0 Å². The van der Waals surface area contributed by atoms with Crippen molar-refractivity contribution in [3.05, 3.63) is 17.0 Å². The zero-order valence-corrected chi connectivity index (χ0v) is 12.0. The number of hydrogen-bond donors (Lipinski definition) is 2. The third-order valence-electron chi connectivity index (χ3n) is 4.49. The number of likely N-dealkylation sites (tertiary alicyclic amines) is 1. The Bertz CT molecular complexity index is 406. The molecule has 4 nitrogen and oxygen atoms in total. The van der Waals surface area contributed by atoms with Crippen LogP contribution in [-0.4, -0.2) is 40.8 Å². The van der Waals surface area contributed by atoms with Crippen molar-refractivity contribution in [1.82, 2.24) is 20.4 Å².